The van der Waals surface area contributed by atoms with E-state index in [2.05, 4.69) is 121 Å². The maximum Gasteiger partial charge on any atom is 0.333 e. The minimum absolute atomic E-state index is 0.102. The SMILES string of the molecule is C=C(C)C(=O)OCCCc1cc(-c2ccc(-c3ccc(-c4ccc(C5CCC(CCCCC)CC5)cc4)c(CC)c3)cc2CC)cc(CCCOC(=O)C(=C)C)c1OCCC(C)(CO)CCCC. The highest BCUT2D eigenvalue weighted by molar-refractivity contribution is 5.87. The quantitative estimate of drug-likeness (QED) is 0.0347. The van der Waals surface area contributed by atoms with Gasteiger partial charge in [-0.05, 0) is 181 Å². The van der Waals surface area contributed by atoms with Crippen LogP contribution in [-0.2, 0) is 44.7 Å². The molecule has 4 aromatic carbocycles. The Bertz CT molecular complexity index is 2200. The Morgan fingerprint density at radius 1 is 0.603 bits per heavy atom. The number of hydrogen-bond acceptors (Lipinski definition) is 6. The molecule has 368 valence electrons. The predicted molar refractivity (Wildman–Crippen MR) is 283 cm³/mol. The molecule has 68 heavy (non-hydrogen) atoms. The largest absolute Gasteiger partial charge is 0.493 e. The monoisotopic (exact) mass is 925 g/mol. The molecule has 6 nitrogen and oxygen atoms in total. The third-order valence-electron chi connectivity index (χ3n) is 14.4. The van der Waals surface area contributed by atoms with Gasteiger partial charge in [-0.1, -0.05) is 147 Å². The van der Waals surface area contributed by atoms with Gasteiger partial charge in [-0.25, -0.2) is 9.59 Å². The molecular weight excluding hydrogens is 841 g/mol. The highest BCUT2D eigenvalue weighted by Gasteiger charge is 2.25. The fourth-order valence-corrected chi connectivity index (χ4v) is 9.95. The van der Waals surface area contributed by atoms with Crippen LogP contribution < -0.4 is 4.74 Å². The van der Waals surface area contributed by atoms with Crippen molar-refractivity contribution in [2.75, 3.05) is 26.4 Å². The third kappa shape index (κ3) is 15.5. The van der Waals surface area contributed by atoms with Gasteiger partial charge in [0, 0.05) is 17.8 Å². The van der Waals surface area contributed by atoms with E-state index in [1.807, 2.05) is 0 Å². The summed E-state index contributed by atoms with van der Waals surface area (Å²) in [5.74, 6) is 1.65. The van der Waals surface area contributed by atoms with E-state index in [-0.39, 0.29) is 25.2 Å². The van der Waals surface area contributed by atoms with E-state index in [9.17, 15) is 14.7 Å². The van der Waals surface area contributed by atoms with Crippen molar-refractivity contribution >= 4 is 11.9 Å². The van der Waals surface area contributed by atoms with Gasteiger partial charge in [-0.2, -0.15) is 0 Å². The first-order valence-corrected chi connectivity index (χ1v) is 26.2. The Hall–Kier alpha value is -4.94. The Kier molecular flexibility index (Phi) is 21.7. The Balaban J connectivity index is 1.43. The van der Waals surface area contributed by atoms with Gasteiger partial charge in [0.2, 0.25) is 0 Å². The summed E-state index contributed by atoms with van der Waals surface area (Å²) in [6, 6.07) is 27.8. The van der Waals surface area contributed by atoms with Gasteiger partial charge in [-0.15, -0.1) is 0 Å². The van der Waals surface area contributed by atoms with Gasteiger partial charge in [-0.3, -0.25) is 0 Å². The minimum atomic E-state index is -0.390. The summed E-state index contributed by atoms with van der Waals surface area (Å²) in [6.45, 7) is 23.0. The summed E-state index contributed by atoms with van der Waals surface area (Å²) in [6.07, 6.45) is 18.9. The van der Waals surface area contributed by atoms with E-state index in [1.54, 1.807) is 13.8 Å². The minimum Gasteiger partial charge on any atom is -0.493 e. The van der Waals surface area contributed by atoms with Crippen LogP contribution >= 0.6 is 0 Å². The molecule has 0 radical (unpaired) electrons. The zero-order valence-electron chi connectivity index (χ0n) is 43.0. The van der Waals surface area contributed by atoms with Crippen LogP contribution in [0.25, 0.3) is 33.4 Å². The molecule has 4 aromatic rings. The molecule has 1 aliphatic rings. The van der Waals surface area contributed by atoms with E-state index in [0.717, 1.165) is 66.0 Å². The van der Waals surface area contributed by atoms with Crippen LogP contribution in [0.5, 0.6) is 5.75 Å². The molecule has 0 bridgehead atoms. The van der Waals surface area contributed by atoms with Crippen molar-refractivity contribution < 1.29 is 28.9 Å². The standard InChI is InChI=1S/C62H84O6/c1-10-14-16-19-46-22-24-49(25-23-46)50-26-28-51(29-27-50)57-32-30-52(39-47(57)12-3)53-31-33-58(48(13-4)40-53)56-41-54(20-17-36-67-60(64)44(5)6)59(66-38-35-62(9,43-63)34-15-11-2)55(42-56)21-18-37-68-61(65)45(7)8/h26-33,39-42,46,49,63H,5,7,10-25,34-38,43H2,1-4,6,8-9H3. The van der Waals surface area contributed by atoms with E-state index < -0.39 is 11.9 Å². The first kappa shape index (κ1) is 54.0. The molecule has 1 fully saturated rings. The summed E-state index contributed by atoms with van der Waals surface area (Å²) >= 11 is 0. The number of carbonyl (C=O) groups excluding carboxylic acids is 2. The second kappa shape index (κ2) is 27.3. The fourth-order valence-electron chi connectivity index (χ4n) is 9.95. The molecule has 1 saturated carbocycles. The second-order valence-corrected chi connectivity index (χ2v) is 20.1. The van der Waals surface area contributed by atoms with Gasteiger partial charge < -0.3 is 19.3 Å². The molecule has 6 heteroatoms. The zero-order valence-corrected chi connectivity index (χ0v) is 43.0. The maximum absolute atomic E-state index is 12.3. The lowest BCUT2D eigenvalue weighted by atomic mass is 9.77. The van der Waals surface area contributed by atoms with E-state index in [4.69, 9.17) is 14.2 Å². The molecule has 0 aromatic heterocycles. The van der Waals surface area contributed by atoms with Crippen molar-refractivity contribution in [3.8, 4) is 39.1 Å². The smallest absolute Gasteiger partial charge is 0.333 e. The first-order valence-electron chi connectivity index (χ1n) is 26.2. The molecule has 0 heterocycles. The lowest BCUT2D eigenvalue weighted by Gasteiger charge is -2.29. The number of hydrogen-bond donors (Lipinski definition) is 1. The van der Waals surface area contributed by atoms with Crippen LogP contribution in [0.15, 0.2) is 97.1 Å². The number of esters is 2. The van der Waals surface area contributed by atoms with Gasteiger partial charge >= 0.3 is 11.9 Å². The molecular formula is C62H84O6. The van der Waals surface area contributed by atoms with Crippen molar-refractivity contribution in [3.05, 3.63) is 125 Å². The van der Waals surface area contributed by atoms with Crippen LogP contribution in [0.1, 0.15) is 172 Å². The van der Waals surface area contributed by atoms with Gasteiger partial charge in [0.1, 0.15) is 5.75 Å². The highest BCUT2D eigenvalue weighted by atomic mass is 16.5. The Labute approximate surface area is 411 Å². The molecule has 0 saturated heterocycles. The van der Waals surface area contributed by atoms with Crippen molar-refractivity contribution in [2.24, 2.45) is 11.3 Å². The van der Waals surface area contributed by atoms with Crippen molar-refractivity contribution in [1.82, 2.24) is 0 Å². The van der Waals surface area contributed by atoms with Gasteiger partial charge in [0.05, 0.1) is 19.8 Å². The summed E-state index contributed by atoms with van der Waals surface area (Å²) in [7, 11) is 0. The summed E-state index contributed by atoms with van der Waals surface area (Å²) in [5.41, 5.74) is 14.0. The Morgan fingerprint density at radius 2 is 1.10 bits per heavy atom. The summed E-state index contributed by atoms with van der Waals surface area (Å²) < 4.78 is 17.8. The average molecular weight is 925 g/mol. The number of ether oxygens (including phenoxy) is 3. The van der Waals surface area contributed by atoms with Gasteiger partial charge in [0.15, 0.2) is 0 Å². The number of benzene rings is 4. The second-order valence-electron chi connectivity index (χ2n) is 20.1. The fraction of sp³-hybridized carbons (Fsp3) is 0.516. The van der Waals surface area contributed by atoms with Crippen LogP contribution in [0.4, 0.5) is 0 Å². The maximum atomic E-state index is 12.3. The molecule has 0 aliphatic heterocycles. The topological polar surface area (TPSA) is 82.1 Å². The number of aryl methyl sites for hydroxylation is 4. The van der Waals surface area contributed by atoms with Crippen LogP contribution in [0.3, 0.4) is 0 Å². The molecule has 1 unspecified atom stereocenters. The van der Waals surface area contributed by atoms with Crippen molar-refractivity contribution in [2.45, 2.75) is 170 Å². The normalized spacial score (nSPS) is 15.6. The number of carbonyl (C=O) groups is 2. The lowest BCUT2D eigenvalue weighted by molar-refractivity contribution is -0.139. The van der Waals surface area contributed by atoms with Gasteiger partial charge in [0.25, 0.3) is 0 Å². The molecule has 0 spiro atoms. The lowest BCUT2D eigenvalue weighted by Crippen LogP contribution is -2.24. The number of aliphatic hydroxyl groups is 1. The zero-order chi connectivity index (χ0) is 49.1. The number of rotatable bonds is 28. The number of aliphatic hydroxyl groups excluding tert-OH is 1. The molecule has 1 N–H and O–H groups in total. The molecule has 5 rings (SSSR count). The van der Waals surface area contributed by atoms with Crippen LogP contribution in [-0.4, -0.2) is 43.5 Å². The first-order chi connectivity index (χ1) is 32.8. The molecule has 1 aliphatic carbocycles. The Morgan fingerprint density at radius 3 is 1.59 bits per heavy atom. The number of unbranched alkanes of at least 4 members (excludes halogenated alkanes) is 3. The van der Waals surface area contributed by atoms with E-state index in [0.29, 0.717) is 55.8 Å². The van der Waals surface area contributed by atoms with Crippen LogP contribution in [0.2, 0.25) is 0 Å². The predicted octanol–water partition coefficient (Wildman–Crippen LogP) is 15.7. The highest BCUT2D eigenvalue weighted by Crippen LogP contribution is 2.40. The third-order valence-corrected chi connectivity index (χ3v) is 14.4. The van der Waals surface area contributed by atoms with E-state index >= 15 is 0 Å². The molecule has 1 atom stereocenters. The van der Waals surface area contributed by atoms with E-state index in [1.165, 1.54) is 90.3 Å². The van der Waals surface area contributed by atoms with Crippen molar-refractivity contribution in [1.29, 1.82) is 0 Å². The summed E-state index contributed by atoms with van der Waals surface area (Å²) in [4.78, 5) is 24.6. The summed E-state index contributed by atoms with van der Waals surface area (Å²) in [5, 5.41) is 10.4. The van der Waals surface area contributed by atoms with Crippen LogP contribution in [0, 0.1) is 11.3 Å². The average Bonchev–Trinajstić information content (AvgIpc) is 3.36. The molecule has 0 amide bonds. The van der Waals surface area contributed by atoms with Crippen molar-refractivity contribution in [3.63, 3.8) is 0 Å².